The van der Waals surface area contributed by atoms with Crippen molar-refractivity contribution in [3.05, 3.63) is 0 Å². The molecule has 5 heteroatoms. The molecule has 0 spiro atoms. The molecule has 0 amide bonds. The molecule has 0 saturated carbocycles. The van der Waals surface area contributed by atoms with Crippen LogP contribution < -0.4 is 0 Å². The van der Waals surface area contributed by atoms with Crippen LogP contribution in [0.15, 0.2) is 0 Å². The van der Waals surface area contributed by atoms with Crippen molar-refractivity contribution in [2.75, 3.05) is 13.2 Å². The molecule has 0 radical (unpaired) electrons. The van der Waals surface area contributed by atoms with E-state index >= 15 is 0 Å². The summed E-state index contributed by atoms with van der Waals surface area (Å²) in [5, 5.41) is 0. The fourth-order valence-corrected chi connectivity index (χ4v) is 3.43. The predicted molar refractivity (Wildman–Crippen MR) is 60.9 cm³/mol. The molecule has 0 aromatic carbocycles. The molecule has 0 heterocycles. The Bertz CT molecular complexity index is 169. The fraction of sp³-hybridized carbons (Fsp3) is 0.900. The van der Waals surface area contributed by atoms with Crippen LogP contribution in [-0.2, 0) is 18.4 Å². The van der Waals surface area contributed by atoms with Crippen LogP contribution in [0.4, 0.5) is 0 Å². The molecular formula is C10H22O4Si. The molecule has 0 aliphatic heterocycles. The van der Waals surface area contributed by atoms with Crippen molar-refractivity contribution in [3.8, 4) is 0 Å². The Morgan fingerprint density at radius 3 is 2.07 bits per heavy atom. The maximum absolute atomic E-state index is 10.9. The van der Waals surface area contributed by atoms with Crippen molar-refractivity contribution in [2.45, 2.75) is 46.3 Å². The van der Waals surface area contributed by atoms with E-state index in [2.05, 4.69) is 6.92 Å². The molecule has 4 nitrogen and oxygen atoms in total. The third-order valence-electron chi connectivity index (χ3n) is 1.86. The minimum atomic E-state index is -1.87. The van der Waals surface area contributed by atoms with Crippen LogP contribution in [0.2, 0.25) is 0 Å². The lowest BCUT2D eigenvalue weighted by atomic mass is 10.3. The third-order valence-corrected chi connectivity index (χ3v) is 4.26. The molecular weight excluding hydrogens is 212 g/mol. The van der Waals surface area contributed by atoms with Gasteiger partial charge in [0.05, 0.1) is 0 Å². The molecule has 0 aromatic rings. The first-order valence-corrected chi connectivity index (χ1v) is 7.17. The molecule has 1 atom stereocenters. The van der Waals surface area contributed by atoms with Crippen molar-refractivity contribution < 1.29 is 18.4 Å². The molecule has 0 bridgehead atoms. The number of hydrogen-bond donors (Lipinski definition) is 0. The Hall–Kier alpha value is -0.393. The van der Waals surface area contributed by atoms with Crippen molar-refractivity contribution in [1.29, 1.82) is 0 Å². The molecule has 0 aliphatic carbocycles. The van der Waals surface area contributed by atoms with Crippen molar-refractivity contribution in [2.24, 2.45) is 0 Å². The van der Waals surface area contributed by atoms with Crippen LogP contribution >= 0.6 is 0 Å². The minimum Gasteiger partial charge on any atom is -0.461 e. The molecule has 0 saturated heterocycles. The highest BCUT2D eigenvalue weighted by molar-refractivity contribution is 6.46. The van der Waals surface area contributed by atoms with Gasteiger partial charge in [-0.3, -0.25) is 4.79 Å². The maximum Gasteiger partial charge on any atom is 0.363 e. The van der Waals surface area contributed by atoms with Crippen LogP contribution in [0.25, 0.3) is 0 Å². The maximum atomic E-state index is 10.9. The normalized spacial score (nSPS) is 12.9. The molecule has 0 aliphatic rings. The van der Waals surface area contributed by atoms with Crippen molar-refractivity contribution >= 4 is 15.3 Å². The number of carbonyl (C=O) groups excluding carboxylic acids is 1. The minimum absolute atomic E-state index is 0.160. The predicted octanol–water partition coefficient (Wildman–Crippen LogP) is 1.55. The van der Waals surface area contributed by atoms with E-state index in [1.54, 1.807) is 0 Å². The summed E-state index contributed by atoms with van der Waals surface area (Å²) in [6, 6.07) is 0. The van der Waals surface area contributed by atoms with E-state index in [1.807, 2.05) is 13.8 Å². The van der Waals surface area contributed by atoms with Crippen LogP contribution in [0.3, 0.4) is 0 Å². The highest BCUT2D eigenvalue weighted by atomic mass is 28.3. The zero-order valence-electron chi connectivity index (χ0n) is 10.1. The quantitative estimate of drug-likeness (QED) is 0.472. The lowest BCUT2D eigenvalue weighted by molar-refractivity contribution is -0.144. The van der Waals surface area contributed by atoms with Crippen molar-refractivity contribution in [3.63, 3.8) is 0 Å². The van der Waals surface area contributed by atoms with Gasteiger partial charge in [-0.15, -0.1) is 0 Å². The zero-order chi connectivity index (χ0) is 11.7. The largest absolute Gasteiger partial charge is 0.461 e. The number of rotatable bonds is 8. The molecule has 0 N–H and O–H groups in total. The summed E-state index contributed by atoms with van der Waals surface area (Å²) in [6.07, 6.45) is 1.78. The van der Waals surface area contributed by atoms with E-state index in [9.17, 15) is 4.79 Å². The van der Waals surface area contributed by atoms with E-state index in [4.69, 9.17) is 13.6 Å². The Morgan fingerprint density at radius 2 is 1.73 bits per heavy atom. The SMILES string of the molecule is CCCC(OC(C)=O)[SiH](OCC)OCC. The van der Waals surface area contributed by atoms with Gasteiger partial charge < -0.3 is 13.6 Å². The second kappa shape index (κ2) is 8.88. The first-order valence-electron chi connectivity index (χ1n) is 5.56. The summed E-state index contributed by atoms with van der Waals surface area (Å²) >= 11 is 0. The molecule has 90 valence electrons. The first-order chi connectivity index (χ1) is 7.15. The van der Waals surface area contributed by atoms with Crippen molar-refractivity contribution in [1.82, 2.24) is 0 Å². The Balaban J connectivity index is 4.28. The van der Waals surface area contributed by atoms with E-state index < -0.39 is 9.28 Å². The zero-order valence-corrected chi connectivity index (χ0v) is 11.3. The summed E-state index contributed by atoms with van der Waals surface area (Å²) in [5.41, 5.74) is -0.160. The fourth-order valence-electron chi connectivity index (χ4n) is 1.34. The average Bonchev–Trinajstić information content (AvgIpc) is 2.16. The van der Waals surface area contributed by atoms with E-state index in [0.717, 1.165) is 12.8 Å². The Labute approximate surface area is 93.8 Å². The lowest BCUT2D eigenvalue weighted by Gasteiger charge is -2.23. The highest BCUT2D eigenvalue weighted by Crippen LogP contribution is 2.09. The van der Waals surface area contributed by atoms with Crippen LogP contribution in [-0.4, -0.2) is 34.2 Å². The first kappa shape index (κ1) is 14.6. The van der Waals surface area contributed by atoms with Gasteiger partial charge in [-0.05, 0) is 20.3 Å². The van der Waals surface area contributed by atoms with E-state index in [1.165, 1.54) is 6.92 Å². The number of ether oxygens (including phenoxy) is 1. The summed E-state index contributed by atoms with van der Waals surface area (Å²) < 4.78 is 16.3. The van der Waals surface area contributed by atoms with Gasteiger partial charge in [-0.25, -0.2) is 0 Å². The number of esters is 1. The topological polar surface area (TPSA) is 44.8 Å². The second-order valence-corrected chi connectivity index (χ2v) is 5.36. The van der Waals surface area contributed by atoms with Gasteiger partial charge in [0.2, 0.25) is 0 Å². The van der Waals surface area contributed by atoms with Gasteiger partial charge in [0.25, 0.3) is 0 Å². The summed E-state index contributed by atoms with van der Waals surface area (Å²) in [6.45, 7) is 8.55. The Morgan fingerprint density at radius 1 is 1.20 bits per heavy atom. The smallest absolute Gasteiger partial charge is 0.363 e. The van der Waals surface area contributed by atoms with Gasteiger partial charge >= 0.3 is 15.3 Å². The lowest BCUT2D eigenvalue weighted by Crippen LogP contribution is -2.40. The van der Waals surface area contributed by atoms with E-state index in [-0.39, 0.29) is 11.7 Å². The van der Waals surface area contributed by atoms with Crippen LogP contribution in [0.5, 0.6) is 0 Å². The number of carbonyl (C=O) groups is 1. The number of hydrogen-bond acceptors (Lipinski definition) is 4. The monoisotopic (exact) mass is 234 g/mol. The molecule has 15 heavy (non-hydrogen) atoms. The molecule has 0 aromatic heterocycles. The Kier molecular flexibility index (Phi) is 8.65. The summed E-state index contributed by atoms with van der Waals surface area (Å²) in [5.74, 6) is -0.259. The van der Waals surface area contributed by atoms with Gasteiger partial charge in [-0.2, -0.15) is 0 Å². The summed E-state index contributed by atoms with van der Waals surface area (Å²) in [7, 11) is -1.87. The standard InChI is InChI=1S/C10H22O4Si/c1-5-8-10(14-9(4)11)15(12-6-2)13-7-3/h10,15H,5-8H2,1-4H3. The molecule has 0 rings (SSSR count). The van der Waals surface area contributed by atoms with Gasteiger partial charge in [0.15, 0.2) is 0 Å². The summed E-state index contributed by atoms with van der Waals surface area (Å²) in [4.78, 5) is 10.9. The second-order valence-electron chi connectivity index (χ2n) is 3.22. The van der Waals surface area contributed by atoms with Crippen LogP contribution in [0, 0.1) is 0 Å². The van der Waals surface area contributed by atoms with Crippen LogP contribution in [0.1, 0.15) is 40.5 Å². The third kappa shape index (κ3) is 6.65. The molecule has 1 unspecified atom stereocenters. The highest BCUT2D eigenvalue weighted by Gasteiger charge is 2.27. The van der Waals surface area contributed by atoms with E-state index in [0.29, 0.717) is 13.2 Å². The van der Waals surface area contributed by atoms with Gasteiger partial charge in [0.1, 0.15) is 5.73 Å². The van der Waals surface area contributed by atoms with Gasteiger partial charge in [0, 0.05) is 20.1 Å². The average molecular weight is 234 g/mol. The molecule has 0 fully saturated rings. The van der Waals surface area contributed by atoms with Gasteiger partial charge in [-0.1, -0.05) is 13.3 Å².